The zero-order chi connectivity index (χ0) is 10.7. The van der Waals surface area contributed by atoms with Gasteiger partial charge in [0.15, 0.2) is 5.82 Å². The molecule has 6 heteroatoms. The Kier molecular flexibility index (Phi) is 3.30. The first kappa shape index (κ1) is 10.5. The molecule has 6 nitrogen and oxygen atoms in total. The van der Waals surface area contributed by atoms with Gasteiger partial charge in [-0.3, -0.25) is 0 Å². The van der Waals surface area contributed by atoms with Gasteiger partial charge in [0.25, 0.3) is 0 Å². The predicted molar refractivity (Wildman–Crippen MR) is 51.0 cm³/mol. The van der Waals surface area contributed by atoms with Gasteiger partial charge < -0.3 is 19.7 Å². The van der Waals surface area contributed by atoms with E-state index in [4.69, 9.17) is 9.26 Å². The summed E-state index contributed by atoms with van der Waals surface area (Å²) in [6.07, 6.45) is 0.299. The largest absolute Gasteiger partial charge is 0.392 e. The van der Waals surface area contributed by atoms with Crippen LogP contribution in [0.3, 0.4) is 0 Å². The van der Waals surface area contributed by atoms with Gasteiger partial charge in [-0.15, -0.1) is 0 Å². The molecule has 0 bridgehead atoms. The highest BCUT2D eigenvalue weighted by molar-refractivity contribution is 4.96. The van der Waals surface area contributed by atoms with Crippen LogP contribution < -0.4 is 5.32 Å². The summed E-state index contributed by atoms with van der Waals surface area (Å²) in [4.78, 5) is 4.19. The van der Waals surface area contributed by atoms with E-state index >= 15 is 0 Å². The third kappa shape index (κ3) is 2.53. The van der Waals surface area contributed by atoms with E-state index in [1.165, 1.54) is 0 Å². The molecular formula is C9H15N3O3. The summed E-state index contributed by atoms with van der Waals surface area (Å²) in [6, 6.07) is -0.0251. The smallest absolute Gasteiger partial charge is 0.243 e. The van der Waals surface area contributed by atoms with E-state index in [0.717, 1.165) is 0 Å². The van der Waals surface area contributed by atoms with Gasteiger partial charge in [-0.25, -0.2) is 0 Å². The molecule has 2 atom stereocenters. The Balaban J connectivity index is 1.94. The summed E-state index contributed by atoms with van der Waals surface area (Å²) in [7, 11) is 0. The number of rotatable bonds is 4. The van der Waals surface area contributed by atoms with Gasteiger partial charge >= 0.3 is 0 Å². The zero-order valence-electron chi connectivity index (χ0n) is 8.64. The summed E-state index contributed by atoms with van der Waals surface area (Å²) in [5.74, 6) is 1.08. The molecule has 2 heterocycles. The van der Waals surface area contributed by atoms with E-state index in [2.05, 4.69) is 15.5 Å². The summed E-state index contributed by atoms with van der Waals surface area (Å²) in [5, 5.41) is 16.2. The van der Waals surface area contributed by atoms with Gasteiger partial charge in [0.1, 0.15) is 6.61 Å². The van der Waals surface area contributed by atoms with E-state index < -0.39 is 0 Å². The van der Waals surface area contributed by atoms with Gasteiger partial charge in [-0.1, -0.05) is 5.16 Å². The standard InChI is InChI=1S/C9H15N3O3/c1-2-14-5-8-11-9(15-12-8)7-3-6(13)4-10-7/h6-7,10,13H,2-5H2,1H3/t6?,7-/m0/s1. The molecule has 15 heavy (non-hydrogen) atoms. The fraction of sp³-hybridized carbons (Fsp3) is 0.778. The molecule has 1 aromatic heterocycles. The average molecular weight is 213 g/mol. The number of aliphatic hydroxyl groups is 1. The van der Waals surface area contributed by atoms with Crippen molar-refractivity contribution in [2.45, 2.75) is 32.1 Å². The Morgan fingerprint density at radius 3 is 3.20 bits per heavy atom. The highest BCUT2D eigenvalue weighted by Gasteiger charge is 2.27. The van der Waals surface area contributed by atoms with Crippen LogP contribution in [0.2, 0.25) is 0 Å². The lowest BCUT2D eigenvalue weighted by Crippen LogP contribution is -2.15. The number of hydrogen-bond acceptors (Lipinski definition) is 6. The molecule has 1 aliphatic heterocycles. The Hall–Kier alpha value is -0.980. The second kappa shape index (κ2) is 4.69. The maximum absolute atomic E-state index is 9.33. The van der Waals surface area contributed by atoms with Crippen molar-refractivity contribution < 1.29 is 14.4 Å². The van der Waals surface area contributed by atoms with Gasteiger partial charge in [-0.05, 0) is 13.3 Å². The lowest BCUT2D eigenvalue weighted by atomic mass is 10.2. The second-order valence-electron chi connectivity index (χ2n) is 3.54. The summed E-state index contributed by atoms with van der Waals surface area (Å²) >= 11 is 0. The van der Waals surface area contributed by atoms with Gasteiger partial charge in [0.2, 0.25) is 5.89 Å². The minimum absolute atomic E-state index is 0.0251. The Morgan fingerprint density at radius 2 is 2.53 bits per heavy atom. The molecule has 0 saturated carbocycles. The first-order valence-electron chi connectivity index (χ1n) is 5.11. The lowest BCUT2D eigenvalue weighted by molar-refractivity contribution is 0.126. The lowest BCUT2D eigenvalue weighted by Gasteiger charge is -2.01. The van der Waals surface area contributed by atoms with Crippen LogP contribution in [-0.4, -0.2) is 34.5 Å². The normalized spacial score (nSPS) is 26.0. The van der Waals surface area contributed by atoms with E-state index in [-0.39, 0.29) is 12.1 Å². The van der Waals surface area contributed by atoms with Crippen LogP contribution in [0.4, 0.5) is 0 Å². The maximum atomic E-state index is 9.33. The number of β-amino-alcohol motifs (C(OH)–C–C–N with tert-alkyl or cyclic N) is 1. The summed E-state index contributed by atoms with van der Waals surface area (Å²) in [6.45, 7) is 3.49. The number of aliphatic hydroxyl groups excluding tert-OH is 1. The summed E-state index contributed by atoms with van der Waals surface area (Å²) in [5.41, 5.74) is 0. The van der Waals surface area contributed by atoms with Gasteiger partial charge in [0, 0.05) is 13.2 Å². The topological polar surface area (TPSA) is 80.4 Å². The molecular weight excluding hydrogens is 198 g/mol. The second-order valence-corrected chi connectivity index (χ2v) is 3.54. The number of aromatic nitrogens is 2. The Labute approximate surface area is 87.6 Å². The van der Waals surface area contributed by atoms with E-state index in [1.807, 2.05) is 6.92 Å². The number of nitrogens with one attached hydrogen (secondary N) is 1. The van der Waals surface area contributed by atoms with Crippen molar-refractivity contribution in [3.05, 3.63) is 11.7 Å². The van der Waals surface area contributed by atoms with Crippen molar-refractivity contribution in [3.8, 4) is 0 Å². The molecule has 0 spiro atoms. The third-order valence-corrected chi connectivity index (χ3v) is 2.32. The van der Waals surface area contributed by atoms with Crippen molar-refractivity contribution in [3.63, 3.8) is 0 Å². The van der Waals surface area contributed by atoms with Crippen molar-refractivity contribution in [2.24, 2.45) is 0 Å². The van der Waals surface area contributed by atoms with Crippen LogP contribution in [0.5, 0.6) is 0 Å². The van der Waals surface area contributed by atoms with Crippen molar-refractivity contribution in [1.29, 1.82) is 0 Å². The minimum Gasteiger partial charge on any atom is -0.392 e. The van der Waals surface area contributed by atoms with Gasteiger partial charge in [0.05, 0.1) is 12.1 Å². The highest BCUT2D eigenvalue weighted by atomic mass is 16.5. The van der Waals surface area contributed by atoms with E-state index in [1.54, 1.807) is 0 Å². The maximum Gasteiger partial charge on any atom is 0.243 e. The molecule has 1 saturated heterocycles. The third-order valence-electron chi connectivity index (χ3n) is 2.32. The first-order valence-corrected chi connectivity index (χ1v) is 5.11. The Bertz CT molecular complexity index is 315. The summed E-state index contributed by atoms with van der Waals surface area (Å²) < 4.78 is 10.2. The SMILES string of the molecule is CCOCc1noc([C@@H]2CC(O)CN2)n1. The first-order chi connectivity index (χ1) is 7.29. The molecule has 0 amide bonds. The van der Waals surface area contributed by atoms with Crippen LogP contribution in [0.25, 0.3) is 0 Å². The quantitative estimate of drug-likeness (QED) is 0.733. The van der Waals surface area contributed by atoms with Crippen LogP contribution in [0, 0.1) is 0 Å². The molecule has 1 unspecified atom stereocenters. The number of hydrogen-bond donors (Lipinski definition) is 2. The van der Waals surface area contributed by atoms with E-state index in [0.29, 0.717) is 37.9 Å². The van der Waals surface area contributed by atoms with Crippen LogP contribution in [-0.2, 0) is 11.3 Å². The highest BCUT2D eigenvalue weighted by Crippen LogP contribution is 2.21. The van der Waals surface area contributed by atoms with Crippen molar-refractivity contribution >= 4 is 0 Å². The molecule has 84 valence electrons. The fourth-order valence-electron chi connectivity index (χ4n) is 1.57. The molecule has 0 aromatic carbocycles. The molecule has 2 N–H and O–H groups in total. The minimum atomic E-state index is -0.322. The van der Waals surface area contributed by atoms with Crippen LogP contribution in [0.1, 0.15) is 31.1 Å². The number of nitrogens with zero attached hydrogens (tertiary/aromatic N) is 2. The molecule has 1 fully saturated rings. The molecule has 2 rings (SSSR count). The average Bonchev–Trinajstić information content (AvgIpc) is 2.83. The van der Waals surface area contributed by atoms with E-state index in [9.17, 15) is 5.11 Å². The molecule has 1 aliphatic rings. The molecule has 0 aliphatic carbocycles. The Morgan fingerprint density at radius 1 is 1.67 bits per heavy atom. The number of ether oxygens (including phenoxy) is 1. The monoisotopic (exact) mass is 213 g/mol. The molecule has 1 aromatic rings. The van der Waals surface area contributed by atoms with Gasteiger partial charge in [-0.2, -0.15) is 4.98 Å². The fourth-order valence-corrected chi connectivity index (χ4v) is 1.57. The molecule has 0 radical (unpaired) electrons. The van der Waals surface area contributed by atoms with Crippen molar-refractivity contribution in [2.75, 3.05) is 13.2 Å². The predicted octanol–water partition coefficient (Wildman–Crippen LogP) is 0.00140. The van der Waals surface area contributed by atoms with Crippen LogP contribution >= 0.6 is 0 Å². The van der Waals surface area contributed by atoms with Crippen LogP contribution in [0.15, 0.2) is 4.52 Å². The van der Waals surface area contributed by atoms with Crippen molar-refractivity contribution in [1.82, 2.24) is 15.5 Å². The zero-order valence-corrected chi connectivity index (χ0v) is 8.64.